The molecule has 2 fully saturated rings. The van der Waals surface area contributed by atoms with E-state index in [1.807, 2.05) is 36.3 Å². The van der Waals surface area contributed by atoms with E-state index in [2.05, 4.69) is 9.97 Å². The van der Waals surface area contributed by atoms with Crippen molar-refractivity contribution in [3.63, 3.8) is 0 Å². The average molecular weight is 566 g/mol. The molecule has 8 nitrogen and oxygen atoms in total. The lowest BCUT2D eigenvalue weighted by atomic mass is 9.95. The fourth-order valence-corrected chi connectivity index (χ4v) is 6.70. The van der Waals surface area contributed by atoms with Crippen LogP contribution >= 0.6 is 22.7 Å². The van der Waals surface area contributed by atoms with Crippen LogP contribution in [0.15, 0.2) is 47.3 Å². The number of nitrogens with two attached hydrogens (primary N) is 1. The van der Waals surface area contributed by atoms with Gasteiger partial charge >= 0.3 is 0 Å². The zero-order valence-corrected chi connectivity index (χ0v) is 23.3. The van der Waals surface area contributed by atoms with Crippen LogP contribution in [-0.4, -0.2) is 50.1 Å². The summed E-state index contributed by atoms with van der Waals surface area (Å²) in [6.07, 6.45) is -0.914. The van der Waals surface area contributed by atoms with E-state index in [1.165, 1.54) is 34.8 Å². The molecule has 1 saturated carbocycles. The van der Waals surface area contributed by atoms with E-state index in [-0.39, 0.29) is 29.7 Å². The van der Waals surface area contributed by atoms with Crippen LogP contribution in [0.2, 0.25) is 0 Å². The quantitative estimate of drug-likeness (QED) is 0.329. The van der Waals surface area contributed by atoms with Gasteiger partial charge in [0.2, 0.25) is 5.88 Å². The maximum absolute atomic E-state index is 13.5. The number of ether oxygens (including phenoxy) is 1. The van der Waals surface area contributed by atoms with Crippen LogP contribution in [0, 0.1) is 17.7 Å². The van der Waals surface area contributed by atoms with E-state index >= 15 is 0 Å². The van der Waals surface area contributed by atoms with Crippen molar-refractivity contribution in [2.45, 2.75) is 38.5 Å². The number of aliphatic hydroxyl groups is 1. The summed E-state index contributed by atoms with van der Waals surface area (Å²) < 4.78 is 19.8. The summed E-state index contributed by atoms with van der Waals surface area (Å²) in [5, 5.41) is 12.8. The van der Waals surface area contributed by atoms with Crippen LogP contribution in [-0.2, 0) is 5.54 Å². The Hall–Kier alpha value is -3.25. The van der Waals surface area contributed by atoms with Crippen molar-refractivity contribution in [2.24, 2.45) is 17.6 Å². The Morgan fingerprint density at radius 2 is 1.90 bits per heavy atom. The van der Waals surface area contributed by atoms with Gasteiger partial charge in [-0.1, -0.05) is 0 Å². The number of likely N-dealkylation sites (tertiary alicyclic amines) is 1. The van der Waals surface area contributed by atoms with Gasteiger partial charge in [-0.15, -0.1) is 22.7 Å². The second kappa shape index (κ2) is 9.74. The van der Waals surface area contributed by atoms with E-state index in [0.717, 1.165) is 11.1 Å². The summed E-state index contributed by atoms with van der Waals surface area (Å²) in [5.41, 5.74) is 10.9. The number of hydrogen-bond acceptors (Lipinski definition) is 9. The summed E-state index contributed by atoms with van der Waals surface area (Å²) in [6, 6.07) is 9.94. The molecule has 0 radical (unpaired) electrons. The van der Waals surface area contributed by atoms with E-state index in [0.29, 0.717) is 45.9 Å². The molecular formula is C28H28FN5O3S2. The smallest absolute Gasteiger partial charge is 0.266 e. The van der Waals surface area contributed by atoms with Gasteiger partial charge in [-0.05, 0) is 56.7 Å². The number of aromatic nitrogens is 3. The third-order valence-electron chi connectivity index (χ3n) is 7.24. The first-order valence-electron chi connectivity index (χ1n) is 12.7. The molecule has 2 unspecified atom stereocenters. The molecule has 39 heavy (non-hydrogen) atoms. The number of benzene rings is 1. The molecule has 3 aromatic heterocycles. The van der Waals surface area contributed by atoms with Crippen LogP contribution < -0.4 is 10.5 Å². The van der Waals surface area contributed by atoms with Gasteiger partial charge in [-0.2, -0.15) is 0 Å². The highest BCUT2D eigenvalue weighted by Crippen LogP contribution is 2.49. The van der Waals surface area contributed by atoms with Gasteiger partial charge in [0.25, 0.3) is 5.91 Å². The maximum Gasteiger partial charge on any atom is 0.266 e. The number of aliphatic hydroxyl groups excluding tert-OH is 1. The number of nitrogens with zero attached hydrogens (tertiary/aromatic N) is 4. The van der Waals surface area contributed by atoms with E-state index in [1.54, 1.807) is 24.6 Å². The van der Waals surface area contributed by atoms with Crippen LogP contribution in [0.25, 0.3) is 22.0 Å². The molecule has 1 aliphatic heterocycles. The normalized spacial score (nSPS) is 21.1. The van der Waals surface area contributed by atoms with Crippen molar-refractivity contribution in [3.8, 4) is 27.8 Å². The molecule has 1 saturated heterocycles. The second-order valence-electron chi connectivity index (χ2n) is 10.7. The molecule has 4 heterocycles. The van der Waals surface area contributed by atoms with E-state index in [9.17, 15) is 14.3 Å². The lowest BCUT2D eigenvalue weighted by molar-refractivity contribution is 0.0749. The standard InChI is InChI=1S/C28H28FN5O3S2/c1-14(35)23-25(39-26(33-23)21-12-38-13-31-21)27(36)34-10-18-19(11-34)24(18)37-22-9-16(28(2,3)30)8-20(32-22)15-4-6-17(29)7-5-15/h4-9,12-14,18-19,24,35H,10-11,30H2,1-3H3/t14?,18-,19+,24?. The molecule has 11 heteroatoms. The van der Waals surface area contributed by atoms with Crippen molar-refractivity contribution in [3.05, 3.63) is 69.2 Å². The maximum atomic E-state index is 13.5. The van der Waals surface area contributed by atoms with Gasteiger partial charge < -0.3 is 20.5 Å². The molecule has 1 amide bonds. The Morgan fingerprint density at radius 1 is 1.18 bits per heavy atom. The number of halogens is 1. The first kappa shape index (κ1) is 26.0. The van der Waals surface area contributed by atoms with Crippen LogP contribution in [0.4, 0.5) is 4.39 Å². The summed E-state index contributed by atoms with van der Waals surface area (Å²) in [6.45, 7) is 6.56. The number of thiazole rings is 2. The minimum atomic E-state index is -0.860. The summed E-state index contributed by atoms with van der Waals surface area (Å²) >= 11 is 2.73. The zero-order valence-electron chi connectivity index (χ0n) is 21.7. The third-order valence-corrected chi connectivity index (χ3v) is 8.91. The Morgan fingerprint density at radius 3 is 2.51 bits per heavy atom. The minimum Gasteiger partial charge on any atom is -0.474 e. The molecule has 1 aromatic carbocycles. The fourth-order valence-electron chi connectivity index (χ4n) is 5.00. The number of carbonyl (C=O) groups is 1. The number of pyridine rings is 1. The fraction of sp³-hybridized carbons (Fsp3) is 0.357. The molecule has 4 aromatic rings. The van der Waals surface area contributed by atoms with Gasteiger partial charge in [0.05, 0.1) is 23.0 Å². The lowest BCUT2D eigenvalue weighted by Crippen LogP contribution is -2.33. The summed E-state index contributed by atoms with van der Waals surface area (Å²) in [4.78, 5) is 29.2. The van der Waals surface area contributed by atoms with Gasteiger partial charge in [-0.25, -0.2) is 19.3 Å². The monoisotopic (exact) mass is 565 g/mol. The number of rotatable bonds is 7. The molecule has 202 valence electrons. The largest absolute Gasteiger partial charge is 0.474 e. The number of hydrogen-bond donors (Lipinski definition) is 2. The van der Waals surface area contributed by atoms with Crippen LogP contribution in [0.1, 0.15) is 47.8 Å². The third kappa shape index (κ3) is 5.07. The lowest BCUT2D eigenvalue weighted by Gasteiger charge is -2.22. The molecular weight excluding hydrogens is 537 g/mol. The number of carbonyl (C=O) groups excluding carboxylic acids is 1. The molecule has 3 N–H and O–H groups in total. The van der Waals surface area contributed by atoms with Crippen molar-refractivity contribution in [2.75, 3.05) is 13.1 Å². The van der Waals surface area contributed by atoms with Crippen LogP contribution in [0.3, 0.4) is 0 Å². The molecule has 0 bridgehead atoms. The summed E-state index contributed by atoms with van der Waals surface area (Å²) in [5.74, 6) is 0.420. The van der Waals surface area contributed by atoms with Crippen molar-refractivity contribution in [1.82, 2.24) is 19.9 Å². The number of amides is 1. The summed E-state index contributed by atoms with van der Waals surface area (Å²) in [7, 11) is 0. The molecule has 4 atom stereocenters. The first-order valence-corrected chi connectivity index (χ1v) is 14.4. The Labute approximate surface area is 233 Å². The highest BCUT2D eigenvalue weighted by Gasteiger charge is 2.59. The van der Waals surface area contributed by atoms with Gasteiger partial charge in [-0.3, -0.25) is 4.79 Å². The first-order chi connectivity index (χ1) is 18.6. The van der Waals surface area contributed by atoms with Gasteiger partial charge in [0.15, 0.2) is 0 Å². The zero-order chi connectivity index (χ0) is 27.5. The average Bonchev–Trinajstić information content (AvgIpc) is 3.43. The molecule has 6 rings (SSSR count). The molecule has 1 aliphatic carbocycles. The Kier molecular flexibility index (Phi) is 6.49. The second-order valence-corrected chi connectivity index (χ2v) is 12.4. The van der Waals surface area contributed by atoms with Gasteiger partial charge in [0.1, 0.15) is 27.5 Å². The molecule has 2 aliphatic rings. The van der Waals surface area contributed by atoms with Crippen molar-refractivity contribution < 1.29 is 19.0 Å². The van der Waals surface area contributed by atoms with Crippen molar-refractivity contribution in [1.29, 1.82) is 0 Å². The number of fused-ring (bicyclic) bond motifs is 1. The minimum absolute atomic E-state index is 0.0537. The predicted octanol–water partition coefficient (Wildman–Crippen LogP) is 4.86. The van der Waals surface area contributed by atoms with E-state index < -0.39 is 11.6 Å². The van der Waals surface area contributed by atoms with E-state index in [4.69, 9.17) is 15.5 Å². The van der Waals surface area contributed by atoms with Crippen molar-refractivity contribution >= 4 is 28.6 Å². The topological polar surface area (TPSA) is 114 Å². The predicted molar refractivity (Wildman–Crippen MR) is 148 cm³/mol. The van der Waals surface area contributed by atoms with Crippen LogP contribution in [0.5, 0.6) is 5.88 Å². The Bertz CT molecular complexity index is 1500. The SMILES string of the molecule is CC(O)c1nc(-c2cscn2)sc1C(=O)N1C[C@@H]2C(Oc3cc(C(C)(C)N)cc(-c4ccc(F)cc4)n3)[C@@H]2C1. The van der Waals surface area contributed by atoms with Gasteiger partial charge in [0, 0.05) is 47.5 Å². The Balaban J connectivity index is 1.18. The highest BCUT2D eigenvalue weighted by molar-refractivity contribution is 7.17. The highest BCUT2D eigenvalue weighted by atomic mass is 32.1. The number of piperidine rings is 1. The molecule has 0 spiro atoms.